The van der Waals surface area contributed by atoms with Crippen LogP contribution in [-0.2, 0) is 4.74 Å². The summed E-state index contributed by atoms with van der Waals surface area (Å²) in [6, 6.07) is 3.91. The highest BCUT2D eigenvalue weighted by Gasteiger charge is 2.43. The van der Waals surface area contributed by atoms with Crippen molar-refractivity contribution < 1.29 is 23.0 Å². The summed E-state index contributed by atoms with van der Waals surface area (Å²) in [6.07, 6.45) is 8.32. The van der Waals surface area contributed by atoms with Crippen molar-refractivity contribution in [2.24, 2.45) is 15.7 Å². The zero-order chi connectivity index (χ0) is 22.1. The van der Waals surface area contributed by atoms with Gasteiger partial charge in [-0.15, -0.1) is 8.78 Å². The van der Waals surface area contributed by atoms with Gasteiger partial charge in [0.1, 0.15) is 0 Å². The SMILES string of the molecule is NC(CC1=CNC2=C=C/C=C\C=C(/C2)C1)C1=NC(c2ccc3c(c2)OC(F)(F)O3)=NCO1. The number of nitrogens with zero attached hydrogens (tertiary/aromatic N) is 2. The van der Waals surface area contributed by atoms with Gasteiger partial charge in [0.15, 0.2) is 24.1 Å². The highest BCUT2D eigenvalue weighted by atomic mass is 19.3. The molecule has 3 aliphatic heterocycles. The monoisotopic (exact) mass is 438 g/mol. The second-order valence-corrected chi connectivity index (χ2v) is 7.64. The van der Waals surface area contributed by atoms with Crippen LogP contribution in [0.25, 0.3) is 0 Å². The van der Waals surface area contributed by atoms with Crippen LogP contribution >= 0.6 is 0 Å². The normalized spacial score (nSPS) is 24.0. The Kier molecular flexibility index (Phi) is 5.13. The number of hydrogen-bond acceptors (Lipinski definition) is 7. The average molecular weight is 438 g/mol. The van der Waals surface area contributed by atoms with Crippen LogP contribution in [0, 0.1) is 0 Å². The van der Waals surface area contributed by atoms with Crippen LogP contribution in [0.15, 0.2) is 81.3 Å². The summed E-state index contributed by atoms with van der Waals surface area (Å²) in [5.74, 6) is 0.573. The van der Waals surface area contributed by atoms with Gasteiger partial charge >= 0.3 is 6.29 Å². The van der Waals surface area contributed by atoms with Crippen molar-refractivity contribution in [3.8, 4) is 11.5 Å². The van der Waals surface area contributed by atoms with Crippen LogP contribution in [0.4, 0.5) is 8.78 Å². The third-order valence-corrected chi connectivity index (χ3v) is 5.21. The second kappa shape index (κ2) is 8.11. The molecule has 4 aliphatic rings. The molecule has 0 fully saturated rings. The number of hydrogen-bond donors (Lipinski definition) is 2. The number of benzene rings is 1. The van der Waals surface area contributed by atoms with E-state index in [-0.39, 0.29) is 18.2 Å². The molecule has 32 heavy (non-hydrogen) atoms. The van der Waals surface area contributed by atoms with Gasteiger partial charge in [0.25, 0.3) is 0 Å². The quantitative estimate of drug-likeness (QED) is 0.701. The lowest BCUT2D eigenvalue weighted by Crippen LogP contribution is -2.35. The van der Waals surface area contributed by atoms with E-state index in [0.29, 0.717) is 23.7 Å². The van der Waals surface area contributed by atoms with Crippen LogP contribution in [-0.4, -0.2) is 30.8 Å². The first-order chi connectivity index (χ1) is 15.4. The van der Waals surface area contributed by atoms with Gasteiger partial charge < -0.3 is 25.3 Å². The van der Waals surface area contributed by atoms with Crippen LogP contribution in [0.1, 0.15) is 24.8 Å². The molecule has 7 nitrogen and oxygen atoms in total. The van der Waals surface area contributed by atoms with E-state index in [2.05, 4.69) is 36.6 Å². The molecule has 0 radical (unpaired) electrons. The Bertz CT molecular complexity index is 1170. The van der Waals surface area contributed by atoms with Crippen LogP contribution in [0.2, 0.25) is 0 Å². The fraction of sp³-hybridized carbons (Fsp3) is 0.261. The first-order valence-corrected chi connectivity index (χ1v) is 10.1. The molecule has 1 aromatic carbocycles. The van der Waals surface area contributed by atoms with Gasteiger partial charge in [0.2, 0.25) is 5.90 Å². The molecule has 3 N–H and O–H groups in total. The van der Waals surface area contributed by atoms with Crippen molar-refractivity contribution in [2.75, 3.05) is 6.73 Å². The molecular weight excluding hydrogens is 418 g/mol. The number of alkyl halides is 2. The fourth-order valence-electron chi connectivity index (χ4n) is 3.75. The Hall–Kier alpha value is -3.68. The summed E-state index contributed by atoms with van der Waals surface area (Å²) in [6.45, 7) is 0.0391. The molecule has 0 amide bonds. The highest BCUT2D eigenvalue weighted by Crippen LogP contribution is 2.41. The first-order valence-electron chi connectivity index (χ1n) is 10.1. The number of amidine groups is 1. The molecule has 0 aromatic heterocycles. The van der Waals surface area contributed by atoms with Gasteiger partial charge in [0, 0.05) is 18.2 Å². The number of aliphatic imine (C=N–C) groups is 2. The van der Waals surface area contributed by atoms with Crippen LogP contribution in [0.5, 0.6) is 11.5 Å². The fourth-order valence-corrected chi connectivity index (χ4v) is 3.75. The minimum Gasteiger partial charge on any atom is -0.456 e. The lowest BCUT2D eigenvalue weighted by molar-refractivity contribution is -0.286. The molecule has 0 spiro atoms. The maximum atomic E-state index is 13.3. The number of halogens is 2. The molecule has 1 aliphatic carbocycles. The average Bonchev–Trinajstić information content (AvgIpc) is 2.92. The first kappa shape index (κ1) is 20.2. The highest BCUT2D eigenvalue weighted by molar-refractivity contribution is 6.07. The van der Waals surface area contributed by atoms with Crippen molar-refractivity contribution in [2.45, 2.75) is 31.6 Å². The summed E-state index contributed by atoms with van der Waals surface area (Å²) in [5, 5.41) is 3.29. The van der Waals surface area contributed by atoms with Crippen molar-refractivity contribution in [3.05, 3.63) is 76.8 Å². The van der Waals surface area contributed by atoms with Crippen LogP contribution < -0.4 is 20.5 Å². The lowest BCUT2D eigenvalue weighted by Gasteiger charge is -2.20. The summed E-state index contributed by atoms with van der Waals surface area (Å²) < 4.78 is 41.1. The van der Waals surface area contributed by atoms with Crippen molar-refractivity contribution >= 4 is 11.7 Å². The molecule has 9 heteroatoms. The minimum absolute atomic E-state index is 0.0361. The summed E-state index contributed by atoms with van der Waals surface area (Å²) in [4.78, 5) is 8.67. The van der Waals surface area contributed by atoms with E-state index < -0.39 is 12.3 Å². The number of ether oxygens (including phenoxy) is 3. The predicted molar refractivity (Wildman–Crippen MR) is 114 cm³/mol. The summed E-state index contributed by atoms with van der Waals surface area (Å²) >= 11 is 0. The number of allylic oxidation sites excluding steroid dienone is 4. The molecule has 1 atom stereocenters. The number of rotatable bonds is 4. The molecule has 1 unspecified atom stereocenters. The molecule has 1 aromatic rings. The van der Waals surface area contributed by atoms with E-state index in [0.717, 1.165) is 24.1 Å². The zero-order valence-electron chi connectivity index (χ0n) is 17.0. The van der Waals surface area contributed by atoms with E-state index in [9.17, 15) is 8.78 Å². The standard InChI is InChI=1S/C23H20F2N4O3/c24-23(25)31-19-7-6-16(11-20(19)32-23)21-28-13-30-22(29-21)18(26)10-15-8-14-4-2-1-3-5-17(9-14)27-12-15/h1-4,6-7,11-12,18,27H,8-10,13,26H2/b2-1-,14-4-. The van der Waals surface area contributed by atoms with Gasteiger partial charge in [0.05, 0.1) is 11.7 Å². The van der Waals surface area contributed by atoms with Gasteiger partial charge in [-0.05, 0) is 42.7 Å². The smallest absolute Gasteiger partial charge is 0.456 e. The van der Waals surface area contributed by atoms with E-state index in [1.807, 2.05) is 24.4 Å². The molecule has 3 heterocycles. The number of nitrogens with one attached hydrogen (secondary N) is 1. The predicted octanol–water partition coefficient (Wildman–Crippen LogP) is 3.66. The maximum absolute atomic E-state index is 13.3. The number of nitrogens with two attached hydrogens (primary N) is 1. The van der Waals surface area contributed by atoms with E-state index in [1.54, 1.807) is 6.07 Å². The van der Waals surface area contributed by atoms with E-state index in [4.69, 9.17) is 10.5 Å². The Morgan fingerprint density at radius 2 is 2.06 bits per heavy atom. The van der Waals surface area contributed by atoms with Crippen molar-refractivity contribution in [3.63, 3.8) is 0 Å². The Labute approximate surface area is 183 Å². The molecule has 0 saturated heterocycles. The molecule has 164 valence electrons. The topological polar surface area (TPSA) is 90.5 Å². The molecular formula is C23H20F2N4O3. The minimum atomic E-state index is -3.68. The van der Waals surface area contributed by atoms with Gasteiger partial charge in [-0.1, -0.05) is 29.5 Å². The zero-order valence-corrected chi connectivity index (χ0v) is 17.0. The largest absolute Gasteiger partial charge is 0.586 e. The van der Waals surface area contributed by atoms with Gasteiger partial charge in [-0.2, -0.15) is 4.99 Å². The van der Waals surface area contributed by atoms with E-state index in [1.165, 1.54) is 17.7 Å². The molecule has 0 saturated carbocycles. The van der Waals surface area contributed by atoms with Gasteiger partial charge in [-0.25, -0.2) is 4.99 Å². The Morgan fingerprint density at radius 3 is 2.97 bits per heavy atom. The third kappa shape index (κ3) is 4.34. The van der Waals surface area contributed by atoms with Crippen molar-refractivity contribution in [1.29, 1.82) is 0 Å². The molecule has 5 rings (SSSR count). The summed E-state index contributed by atoms with van der Waals surface area (Å²) in [7, 11) is 0. The lowest BCUT2D eigenvalue weighted by atomic mass is 9.97. The molecule has 2 bridgehead atoms. The third-order valence-electron chi connectivity index (χ3n) is 5.21. The van der Waals surface area contributed by atoms with Crippen molar-refractivity contribution in [1.82, 2.24) is 5.32 Å². The number of fused-ring (bicyclic) bond motifs is 3. The van der Waals surface area contributed by atoms with E-state index >= 15 is 0 Å². The van der Waals surface area contributed by atoms with Gasteiger partial charge in [-0.3, -0.25) is 0 Å². The maximum Gasteiger partial charge on any atom is 0.586 e. The summed E-state index contributed by atoms with van der Waals surface area (Å²) in [5.41, 5.74) is 13.5. The Balaban J connectivity index is 1.32. The Morgan fingerprint density at radius 1 is 1.19 bits per heavy atom. The second-order valence-electron chi connectivity index (χ2n) is 7.64. The van der Waals surface area contributed by atoms with Crippen LogP contribution in [0.3, 0.4) is 0 Å².